The van der Waals surface area contributed by atoms with Crippen LogP contribution in [0.5, 0.6) is 0 Å². The van der Waals surface area contributed by atoms with Crippen LogP contribution in [0.2, 0.25) is 0 Å². The first kappa shape index (κ1) is 14.1. The molecule has 1 aromatic carbocycles. The van der Waals surface area contributed by atoms with Crippen molar-refractivity contribution >= 4 is 0 Å². The summed E-state index contributed by atoms with van der Waals surface area (Å²) in [6, 6.07) is 6.68. The Kier molecular flexibility index (Phi) is 3.65. The zero-order valence-electron chi connectivity index (χ0n) is 13.1. The molecule has 0 spiro atoms. The van der Waals surface area contributed by atoms with Crippen LogP contribution in [0.25, 0.3) is 0 Å². The molecule has 0 fully saturated rings. The summed E-state index contributed by atoms with van der Waals surface area (Å²) in [5, 5.41) is 7.84. The fraction of sp³-hybridized carbons (Fsp3) is 0.412. The van der Waals surface area contributed by atoms with Crippen LogP contribution in [0, 0.1) is 6.92 Å². The van der Waals surface area contributed by atoms with Crippen LogP contribution in [0.1, 0.15) is 53.0 Å². The van der Waals surface area contributed by atoms with Crippen molar-refractivity contribution in [2.24, 2.45) is 0 Å². The molecule has 4 rings (SSSR count). The third-order valence-electron chi connectivity index (χ3n) is 4.16. The van der Waals surface area contributed by atoms with E-state index >= 15 is 0 Å². The van der Waals surface area contributed by atoms with Gasteiger partial charge in [0.1, 0.15) is 0 Å². The van der Waals surface area contributed by atoms with Crippen LogP contribution < -0.4 is 0 Å². The van der Waals surface area contributed by atoms with E-state index in [1.165, 1.54) is 42.4 Å². The second-order valence-electron chi connectivity index (χ2n) is 6.00. The summed E-state index contributed by atoms with van der Waals surface area (Å²) in [6.45, 7) is 1.76. The van der Waals surface area contributed by atoms with Gasteiger partial charge in [-0.1, -0.05) is 28.5 Å². The lowest BCUT2D eigenvalue weighted by atomic mass is 9.90. The standard InChI is InChI=1S/C17H18N4O2/c1-11-18-15(20-22-11)10-16-19-17(23-21-16)9-12-6-7-13-4-2-3-5-14(13)8-12/h6-8H,2-5,9-10H2,1H3. The highest BCUT2D eigenvalue weighted by Gasteiger charge is 2.13. The second kappa shape index (κ2) is 5.95. The molecular weight excluding hydrogens is 292 g/mol. The Balaban J connectivity index is 1.47. The predicted octanol–water partition coefficient (Wildman–Crippen LogP) is 2.82. The first-order chi connectivity index (χ1) is 11.3. The lowest BCUT2D eigenvalue weighted by Crippen LogP contribution is -2.03. The van der Waals surface area contributed by atoms with Crippen molar-refractivity contribution < 1.29 is 9.05 Å². The van der Waals surface area contributed by atoms with E-state index in [0.29, 0.717) is 36.3 Å². The zero-order valence-corrected chi connectivity index (χ0v) is 13.1. The van der Waals surface area contributed by atoms with Crippen LogP contribution in [0.15, 0.2) is 27.2 Å². The van der Waals surface area contributed by atoms with Crippen LogP contribution in [0.3, 0.4) is 0 Å². The molecule has 0 N–H and O–H groups in total. The fourth-order valence-corrected chi connectivity index (χ4v) is 3.06. The molecule has 0 amide bonds. The Hall–Kier alpha value is -2.50. The van der Waals surface area contributed by atoms with Crippen LogP contribution in [-0.4, -0.2) is 20.3 Å². The Morgan fingerprint density at radius 1 is 0.913 bits per heavy atom. The topological polar surface area (TPSA) is 77.8 Å². The minimum Gasteiger partial charge on any atom is -0.340 e. The van der Waals surface area contributed by atoms with E-state index in [-0.39, 0.29) is 0 Å². The van der Waals surface area contributed by atoms with Crippen molar-refractivity contribution in [3.63, 3.8) is 0 Å². The van der Waals surface area contributed by atoms with Gasteiger partial charge in [0.25, 0.3) is 0 Å². The van der Waals surface area contributed by atoms with E-state index in [1.807, 2.05) is 0 Å². The third kappa shape index (κ3) is 3.16. The molecule has 0 unspecified atom stereocenters. The van der Waals surface area contributed by atoms with Gasteiger partial charge in [-0.05, 0) is 42.4 Å². The predicted molar refractivity (Wildman–Crippen MR) is 82.0 cm³/mol. The Morgan fingerprint density at radius 3 is 2.52 bits per heavy atom. The van der Waals surface area contributed by atoms with E-state index in [0.717, 1.165) is 0 Å². The molecule has 0 aliphatic heterocycles. The van der Waals surface area contributed by atoms with Gasteiger partial charge in [0, 0.05) is 6.92 Å². The van der Waals surface area contributed by atoms with Crippen molar-refractivity contribution in [2.45, 2.75) is 45.4 Å². The van der Waals surface area contributed by atoms with Gasteiger partial charge < -0.3 is 9.05 Å². The minimum absolute atomic E-state index is 0.422. The van der Waals surface area contributed by atoms with Crippen molar-refractivity contribution in [1.29, 1.82) is 0 Å². The van der Waals surface area contributed by atoms with E-state index in [4.69, 9.17) is 9.05 Å². The smallest absolute Gasteiger partial charge is 0.231 e. The number of fused-ring (bicyclic) bond motifs is 1. The van der Waals surface area contributed by atoms with Crippen LogP contribution in [-0.2, 0) is 25.7 Å². The third-order valence-corrected chi connectivity index (χ3v) is 4.16. The van der Waals surface area contributed by atoms with Gasteiger partial charge in [0.15, 0.2) is 11.6 Å². The van der Waals surface area contributed by atoms with Crippen molar-refractivity contribution in [3.05, 3.63) is 58.3 Å². The number of benzene rings is 1. The van der Waals surface area contributed by atoms with Gasteiger partial charge in [-0.3, -0.25) is 0 Å². The number of aromatic nitrogens is 4. The highest BCUT2D eigenvalue weighted by molar-refractivity contribution is 5.34. The highest BCUT2D eigenvalue weighted by atomic mass is 16.5. The molecule has 0 bridgehead atoms. The summed E-state index contributed by atoms with van der Waals surface area (Å²) in [6.07, 6.45) is 6.04. The number of hydrogen-bond acceptors (Lipinski definition) is 6. The second-order valence-corrected chi connectivity index (χ2v) is 6.00. The Bertz CT molecular complexity index is 822. The average Bonchev–Trinajstić information content (AvgIpc) is 3.17. The van der Waals surface area contributed by atoms with Crippen molar-refractivity contribution in [3.8, 4) is 0 Å². The van der Waals surface area contributed by atoms with E-state index < -0.39 is 0 Å². The first-order valence-electron chi connectivity index (χ1n) is 7.97. The molecule has 1 aliphatic carbocycles. The number of hydrogen-bond donors (Lipinski definition) is 0. The number of rotatable bonds is 4. The molecule has 3 aromatic rings. The SMILES string of the molecule is Cc1nc(Cc2noc(Cc3ccc4c(c3)CCCC4)n2)no1. The molecular formula is C17H18N4O2. The zero-order chi connectivity index (χ0) is 15.6. The molecule has 6 heteroatoms. The first-order valence-corrected chi connectivity index (χ1v) is 7.97. The molecule has 2 aromatic heterocycles. The molecule has 0 saturated carbocycles. The number of nitrogens with zero attached hydrogens (tertiary/aromatic N) is 4. The van der Waals surface area contributed by atoms with Crippen molar-refractivity contribution in [2.75, 3.05) is 0 Å². The maximum absolute atomic E-state index is 5.34. The van der Waals surface area contributed by atoms with Crippen LogP contribution in [0.4, 0.5) is 0 Å². The van der Waals surface area contributed by atoms with E-state index in [9.17, 15) is 0 Å². The molecule has 1 aliphatic rings. The lowest BCUT2D eigenvalue weighted by Gasteiger charge is -2.16. The van der Waals surface area contributed by atoms with E-state index in [1.54, 1.807) is 6.92 Å². The van der Waals surface area contributed by atoms with Crippen LogP contribution >= 0.6 is 0 Å². The maximum atomic E-state index is 5.34. The fourth-order valence-electron chi connectivity index (χ4n) is 3.06. The summed E-state index contributed by atoms with van der Waals surface area (Å²) >= 11 is 0. The molecule has 0 radical (unpaired) electrons. The molecule has 118 valence electrons. The van der Waals surface area contributed by atoms with Gasteiger partial charge in [0.2, 0.25) is 11.8 Å². The highest BCUT2D eigenvalue weighted by Crippen LogP contribution is 2.23. The number of aryl methyl sites for hydroxylation is 3. The van der Waals surface area contributed by atoms with Crippen molar-refractivity contribution in [1.82, 2.24) is 20.3 Å². The normalized spacial score (nSPS) is 14.0. The molecule has 6 nitrogen and oxygen atoms in total. The quantitative estimate of drug-likeness (QED) is 0.737. The van der Waals surface area contributed by atoms with E-state index in [2.05, 4.69) is 38.5 Å². The Labute approximate surface area is 133 Å². The summed E-state index contributed by atoms with van der Waals surface area (Å²) in [4.78, 5) is 8.57. The molecule has 2 heterocycles. The summed E-state index contributed by atoms with van der Waals surface area (Å²) in [5.74, 6) is 2.32. The molecule has 0 atom stereocenters. The Morgan fingerprint density at radius 2 is 1.70 bits per heavy atom. The maximum Gasteiger partial charge on any atom is 0.231 e. The molecule has 0 saturated heterocycles. The van der Waals surface area contributed by atoms with Gasteiger partial charge in [-0.2, -0.15) is 9.97 Å². The van der Waals surface area contributed by atoms with Gasteiger partial charge in [0.05, 0.1) is 12.8 Å². The van der Waals surface area contributed by atoms with Gasteiger partial charge in [-0.25, -0.2) is 0 Å². The summed E-state index contributed by atoms with van der Waals surface area (Å²) in [5.41, 5.74) is 4.17. The summed E-state index contributed by atoms with van der Waals surface area (Å²) in [7, 11) is 0. The average molecular weight is 310 g/mol. The summed E-state index contributed by atoms with van der Waals surface area (Å²) < 4.78 is 10.3. The lowest BCUT2D eigenvalue weighted by molar-refractivity contribution is 0.377. The van der Waals surface area contributed by atoms with Gasteiger partial charge >= 0.3 is 0 Å². The molecule has 23 heavy (non-hydrogen) atoms. The monoisotopic (exact) mass is 310 g/mol. The largest absolute Gasteiger partial charge is 0.340 e. The minimum atomic E-state index is 0.422. The van der Waals surface area contributed by atoms with Gasteiger partial charge in [-0.15, -0.1) is 0 Å².